The first kappa shape index (κ1) is 10.1. The smallest absolute Gasteiger partial charge is 0.136 e. The Morgan fingerprint density at radius 2 is 2.27 bits per heavy atom. The lowest BCUT2D eigenvalue weighted by Crippen LogP contribution is -2.41. The van der Waals surface area contributed by atoms with Crippen molar-refractivity contribution in [2.24, 2.45) is 0 Å². The Kier molecular flexibility index (Phi) is 2.71. The van der Waals surface area contributed by atoms with Gasteiger partial charge >= 0.3 is 0 Å². The van der Waals surface area contributed by atoms with Crippen LogP contribution in [0.25, 0.3) is 0 Å². The van der Waals surface area contributed by atoms with E-state index in [0.29, 0.717) is 24.7 Å². The van der Waals surface area contributed by atoms with Gasteiger partial charge in [-0.05, 0) is 26.0 Å². The van der Waals surface area contributed by atoms with Gasteiger partial charge < -0.3 is 4.90 Å². The van der Waals surface area contributed by atoms with E-state index in [9.17, 15) is 4.79 Å². The molecule has 1 atom stereocenters. The zero-order chi connectivity index (χ0) is 10.8. The van der Waals surface area contributed by atoms with E-state index in [0.717, 1.165) is 17.9 Å². The number of carbonyl (C=O) groups excluding carboxylic acids is 1. The number of ketones is 1. The van der Waals surface area contributed by atoms with Crippen LogP contribution >= 0.6 is 0 Å². The molecule has 0 amide bonds. The van der Waals surface area contributed by atoms with Gasteiger partial charge in [-0.1, -0.05) is 0 Å². The Morgan fingerprint density at radius 3 is 2.87 bits per heavy atom. The molecule has 1 aliphatic rings. The van der Waals surface area contributed by atoms with Gasteiger partial charge in [0.2, 0.25) is 0 Å². The second-order valence-electron chi connectivity index (χ2n) is 4.19. The molecule has 1 aliphatic heterocycles. The molecule has 1 saturated heterocycles. The fourth-order valence-corrected chi connectivity index (χ4v) is 2.02. The maximum absolute atomic E-state index is 11.3. The number of nitrogens with zero attached hydrogens (tertiary/aromatic N) is 2. The molecular weight excluding hydrogens is 188 g/mol. The Balaban J connectivity index is 2.16. The van der Waals surface area contributed by atoms with Gasteiger partial charge in [0.1, 0.15) is 5.78 Å². The topological polar surface area (TPSA) is 33.2 Å². The van der Waals surface area contributed by atoms with Gasteiger partial charge in [0.05, 0.1) is 11.9 Å². The highest BCUT2D eigenvalue weighted by Crippen LogP contribution is 2.22. The number of carbonyl (C=O) groups is 1. The molecule has 0 aromatic carbocycles. The Morgan fingerprint density at radius 1 is 1.47 bits per heavy atom. The minimum Gasteiger partial charge on any atom is -0.367 e. The highest BCUT2D eigenvalue weighted by molar-refractivity contribution is 5.81. The van der Waals surface area contributed by atoms with Crippen molar-refractivity contribution >= 4 is 11.5 Å². The van der Waals surface area contributed by atoms with Crippen LogP contribution < -0.4 is 4.90 Å². The maximum atomic E-state index is 11.3. The predicted molar refractivity (Wildman–Crippen MR) is 60.0 cm³/mol. The Labute approximate surface area is 90.1 Å². The third-order valence-corrected chi connectivity index (χ3v) is 2.91. The van der Waals surface area contributed by atoms with Crippen LogP contribution in [-0.4, -0.2) is 23.4 Å². The number of piperidine rings is 1. The quantitative estimate of drug-likeness (QED) is 0.701. The standard InChI is InChI=1S/C12H16N2O/c1-9-3-4-11(8-13-9)14-6-5-12(15)7-10(14)2/h3-4,8,10H,5-7H2,1-2H3. The van der Waals surface area contributed by atoms with Crippen LogP contribution in [0.3, 0.4) is 0 Å². The second kappa shape index (κ2) is 4.01. The van der Waals surface area contributed by atoms with Crippen LogP contribution in [0.15, 0.2) is 18.3 Å². The minimum absolute atomic E-state index is 0.302. The van der Waals surface area contributed by atoms with Crippen molar-refractivity contribution < 1.29 is 4.79 Å². The van der Waals surface area contributed by atoms with Gasteiger partial charge in [0.25, 0.3) is 0 Å². The monoisotopic (exact) mass is 204 g/mol. The zero-order valence-corrected chi connectivity index (χ0v) is 9.23. The molecule has 0 radical (unpaired) electrons. The number of aryl methyl sites for hydroxylation is 1. The molecule has 3 heteroatoms. The zero-order valence-electron chi connectivity index (χ0n) is 9.23. The van der Waals surface area contributed by atoms with E-state index >= 15 is 0 Å². The molecule has 0 saturated carbocycles. The normalized spacial score (nSPS) is 21.9. The number of anilines is 1. The van der Waals surface area contributed by atoms with Crippen LogP contribution in [0, 0.1) is 6.92 Å². The van der Waals surface area contributed by atoms with Crippen LogP contribution in [0.4, 0.5) is 5.69 Å². The maximum Gasteiger partial charge on any atom is 0.136 e. The summed E-state index contributed by atoms with van der Waals surface area (Å²) in [5.41, 5.74) is 2.15. The summed E-state index contributed by atoms with van der Waals surface area (Å²) in [6.45, 7) is 4.90. The molecular formula is C12H16N2O. The first-order valence-electron chi connectivity index (χ1n) is 5.38. The third-order valence-electron chi connectivity index (χ3n) is 2.91. The summed E-state index contributed by atoms with van der Waals surface area (Å²) in [7, 11) is 0. The molecule has 0 N–H and O–H groups in total. The summed E-state index contributed by atoms with van der Waals surface area (Å²) < 4.78 is 0. The molecule has 15 heavy (non-hydrogen) atoms. The number of rotatable bonds is 1. The van der Waals surface area contributed by atoms with Crippen LogP contribution in [-0.2, 0) is 4.79 Å². The highest BCUT2D eigenvalue weighted by Gasteiger charge is 2.23. The van der Waals surface area contributed by atoms with E-state index in [1.54, 1.807) is 0 Å². The first-order chi connectivity index (χ1) is 7.16. The van der Waals surface area contributed by atoms with Gasteiger partial charge in [-0.3, -0.25) is 9.78 Å². The summed E-state index contributed by atoms with van der Waals surface area (Å²) in [6.07, 6.45) is 3.22. The summed E-state index contributed by atoms with van der Waals surface area (Å²) in [4.78, 5) is 17.8. The van der Waals surface area contributed by atoms with Crippen LogP contribution in [0.2, 0.25) is 0 Å². The van der Waals surface area contributed by atoms with E-state index in [2.05, 4.69) is 22.9 Å². The summed E-state index contributed by atoms with van der Waals surface area (Å²) >= 11 is 0. The van der Waals surface area contributed by atoms with E-state index < -0.39 is 0 Å². The Hall–Kier alpha value is -1.38. The second-order valence-corrected chi connectivity index (χ2v) is 4.19. The summed E-state index contributed by atoms with van der Waals surface area (Å²) in [6, 6.07) is 4.39. The number of Topliss-reactive ketones (excluding diaryl/α,β-unsaturated/α-hetero) is 1. The minimum atomic E-state index is 0.302. The van der Waals surface area contributed by atoms with Crippen molar-refractivity contribution in [1.82, 2.24) is 4.98 Å². The van der Waals surface area contributed by atoms with Gasteiger partial charge in [-0.2, -0.15) is 0 Å². The number of pyridine rings is 1. The van der Waals surface area contributed by atoms with E-state index in [1.807, 2.05) is 19.2 Å². The van der Waals surface area contributed by atoms with E-state index in [1.165, 1.54) is 0 Å². The average Bonchev–Trinajstić information content (AvgIpc) is 2.20. The van der Waals surface area contributed by atoms with Crippen molar-refractivity contribution in [2.75, 3.05) is 11.4 Å². The van der Waals surface area contributed by atoms with E-state index in [-0.39, 0.29) is 0 Å². The lowest BCUT2D eigenvalue weighted by molar-refractivity contribution is -0.120. The average molecular weight is 204 g/mol. The Bertz CT molecular complexity index is 358. The van der Waals surface area contributed by atoms with Crippen molar-refractivity contribution in [2.45, 2.75) is 32.7 Å². The molecule has 2 rings (SSSR count). The third kappa shape index (κ3) is 2.17. The fraction of sp³-hybridized carbons (Fsp3) is 0.500. The lowest BCUT2D eigenvalue weighted by Gasteiger charge is -2.34. The van der Waals surface area contributed by atoms with E-state index in [4.69, 9.17) is 0 Å². The SMILES string of the molecule is Cc1ccc(N2CCC(=O)CC2C)cn1. The molecule has 3 nitrogen and oxygen atoms in total. The van der Waals surface area contributed by atoms with Crippen LogP contribution in [0.1, 0.15) is 25.5 Å². The molecule has 0 bridgehead atoms. The van der Waals surface area contributed by atoms with Crippen molar-refractivity contribution in [1.29, 1.82) is 0 Å². The highest BCUT2D eigenvalue weighted by atomic mass is 16.1. The molecule has 1 unspecified atom stereocenters. The predicted octanol–water partition coefficient (Wildman–Crippen LogP) is 1.95. The molecule has 80 valence electrons. The number of aromatic nitrogens is 1. The molecule has 0 aliphatic carbocycles. The molecule has 0 spiro atoms. The van der Waals surface area contributed by atoms with Gasteiger partial charge in [0, 0.05) is 31.1 Å². The molecule has 1 fully saturated rings. The summed E-state index contributed by atoms with van der Waals surface area (Å²) in [5.74, 6) is 0.374. The number of hydrogen-bond donors (Lipinski definition) is 0. The molecule has 1 aromatic heterocycles. The van der Waals surface area contributed by atoms with Crippen molar-refractivity contribution in [3.63, 3.8) is 0 Å². The van der Waals surface area contributed by atoms with Crippen molar-refractivity contribution in [3.8, 4) is 0 Å². The molecule has 2 heterocycles. The number of hydrogen-bond acceptors (Lipinski definition) is 3. The molecule has 1 aromatic rings. The van der Waals surface area contributed by atoms with Gasteiger partial charge in [-0.15, -0.1) is 0 Å². The largest absolute Gasteiger partial charge is 0.367 e. The van der Waals surface area contributed by atoms with Gasteiger partial charge in [-0.25, -0.2) is 0 Å². The fourth-order valence-electron chi connectivity index (χ4n) is 2.02. The summed E-state index contributed by atoms with van der Waals surface area (Å²) in [5, 5.41) is 0. The van der Waals surface area contributed by atoms with Crippen molar-refractivity contribution in [3.05, 3.63) is 24.0 Å². The first-order valence-corrected chi connectivity index (χ1v) is 5.38. The lowest BCUT2D eigenvalue weighted by atomic mass is 10.0. The van der Waals surface area contributed by atoms with Gasteiger partial charge in [0.15, 0.2) is 0 Å². The van der Waals surface area contributed by atoms with Crippen LogP contribution in [0.5, 0.6) is 0 Å².